The molecular formula is C15H15F3O5S. The molecule has 1 unspecified atom stereocenters. The third-order valence-corrected chi connectivity index (χ3v) is 4.55. The Labute approximate surface area is 137 Å². The molecule has 0 bridgehead atoms. The molecule has 9 heteroatoms. The summed E-state index contributed by atoms with van der Waals surface area (Å²) in [5, 5.41) is 0. The number of halogens is 3. The fraction of sp³-hybridized carbons (Fsp3) is 0.400. The SMILES string of the molecule is COC(=O)c1ccc2c(c1)CCC(C)C=C2OS(=O)(=O)C(F)(F)F. The van der Waals surface area contributed by atoms with Gasteiger partial charge in [0.05, 0.1) is 12.7 Å². The molecule has 0 aliphatic heterocycles. The van der Waals surface area contributed by atoms with Crippen LogP contribution in [0.4, 0.5) is 13.2 Å². The first-order valence-corrected chi connectivity index (χ1v) is 8.40. The second kappa shape index (κ2) is 6.46. The summed E-state index contributed by atoms with van der Waals surface area (Å²) in [6.07, 6.45) is 2.36. The van der Waals surface area contributed by atoms with Crippen LogP contribution in [0.1, 0.15) is 34.8 Å². The Kier molecular flexibility index (Phi) is 4.93. The number of allylic oxidation sites excluding steroid dienone is 1. The van der Waals surface area contributed by atoms with Crippen LogP contribution in [0, 0.1) is 5.92 Å². The number of ether oxygens (including phenoxy) is 1. The lowest BCUT2D eigenvalue weighted by atomic mass is 9.99. The maximum Gasteiger partial charge on any atom is 0.534 e. The summed E-state index contributed by atoms with van der Waals surface area (Å²) in [7, 11) is -4.56. The van der Waals surface area contributed by atoms with Crippen LogP contribution in [0.2, 0.25) is 0 Å². The second-order valence-electron chi connectivity index (χ2n) is 5.39. The van der Waals surface area contributed by atoms with Gasteiger partial charge in [0.15, 0.2) is 0 Å². The molecule has 1 atom stereocenters. The molecule has 0 amide bonds. The Bertz CT molecular complexity index is 781. The number of esters is 1. The summed E-state index contributed by atoms with van der Waals surface area (Å²) in [5.41, 5.74) is -4.57. The number of carbonyl (C=O) groups is 1. The van der Waals surface area contributed by atoms with Crippen molar-refractivity contribution in [2.75, 3.05) is 7.11 Å². The number of hydrogen-bond acceptors (Lipinski definition) is 5. The van der Waals surface area contributed by atoms with Crippen molar-refractivity contribution < 1.29 is 35.3 Å². The largest absolute Gasteiger partial charge is 0.534 e. The zero-order valence-corrected chi connectivity index (χ0v) is 13.7. The predicted molar refractivity (Wildman–Crippen MR) is 79.3 cm³/mol. The Morgan fingerprint density at radius 3 is 2.54 bits per heavy atom. The quantitative estimate of drug-likeness (QED) is 0.468. The summed E-state index contributed by atoms with van der Waals surface area (Å²) >= 11 is 0. The van der Waals surface area contributed by atoms with Gasteiger partial charge in [-0.1, -0.05) is 13.0 Å². The van der Waals surface area contributed by atoms with E-state index >= 15 is 0 Å². The van der Waals surface area contributed by atoms with Crippen molar-refractivity contribution in [3.63, 3.8) is 0 Å². The first-order chi connectivity index (χ1) is 11.0. The van der Waals surface area contributed by atoms with Crippen LogP contribution in [0.25, 0.3) is 5.76 Å². The number of fused-ring (bicyclic) bond motifs is 1. The van der Waals surface area contributed by atoms with Crippen molar-refractivity contribution in [1.29, 1.82) is 0 Å². The molecule has 0 aromatic heterocycles. The highest BCUT2D eigenvalue weighted by Crippen LogP contribution is 2.34. The van der Waals surface area contributed by atoms with Crippen LogP contribution in [0.15, 0.2) is 24.3 Å². The monoisotopic (exact) mass is 364 g/mol. The van der Waals surface area contributed by atoms with Gasteiger partial charge < -0.3 is 8.92 Å². The van der Waals surface area contributed by atoms with Gasteiger partial charge >= 0.3 is 21.6 Å². The Hall–Kier alpha value is -2.03. The van der Waals surface area contributed by atoms with E-state index in [2.05, 4.69) is 8.92 Å². The molecule has 0 N–H and O–H groups in total. The van der Waals surface area contributed by atoms with Crippen molar-refractivity contribution in [2.24, 2.45) is 5.92 Å². The van der Waals surface area contributed by atoms with Crippen LogP contribution >= 0.6 is 0 Å². The molecule has 132 valence electrons. The number of alkyl halides is 3. The number of carbonyl (C=O) groups excluding carboxylic acids is 1. The molecule has 1 aliphatic rings. The van der Waals surface area contributed by atoms with Crippen molar-refractivity contribution in [3.05, 3.63) is 41.0 Å². The van der Waals surface area contributed by atoms with Gasteiger partial charge in [-0.05, 0) is 42.5 Å². The minimum absolute atomic E-state index is 0.197. The third-order valence-electron chi connectivity index (χ3n) is 3.58. The molecule has 0 spiro atoms. The van der Waals surface area contributed by atoms with E-state index in [4.69, 9.17) is 0 Å². The van der Waals surface area contributed by atoms with Gasteiger partial charge in [-0.25, -0.2) is 4.79 Å². The highest BCUT2D eigenvalue weighted by molar-refractivity contribution is 7.87. The molecule has 1 aromatic carbocycles. The highest BCUT2D eigenvalue weighted by atomic mass is 32.2. The van der Waals surface area contributed by atoms with Crippen LogP contribution in [-0.4, -0.2) is 27.0 Å². The van der Waals surface area contributed by atoms with Crippen molar-refractivity contribution in [2.45, 2.75) is 25.3 Å². The van der Waals surface area contributed by atoms with E-state index in [1.807, 2.05) is 0 Å². The summed E-state index contributed by atoms with van der Waals surface area (Å²) < 4.78 is 69.3. The minimum atomic E-state index is -5.77. The number of benzene rings is 1. The Morgan fingerprint density at radius 2 is 1.96 bits per heavy atom. The average Bonchev–Trinajstić information content (AvgIpc) is 2.64. The van der Waals surface area contributed by atoms with E-state index in [9.17, 15) is 26.4 Å². The topological polar surface area (TPSA) is 69.7 Å². The molecule has 0 heterocycles. The van der Waals surface area contributed by atoms with Crippen LogP contribution in [0.5, 0.6) is 0 Å². The molecule has 24 heavy (non-hydrogen) atoms. The highest BCUT2D eigenvalue weighted by Gasteiger charge is 2.49. The number of aryl methyl sites for hydroxylation is 1. The van der Waals surface area contributed by atoms with Crippen LogP contribution in [0.3, 0.4) is 0 Å². The molecular weight excluding hydrogens is 349 g/mol. The maximum atomic E-state index is 12.6. The fourth-order valence-corrected chi connectivity index (χ4v) is 2.81. The average molecular weight is 364 g/mol. The minimum Gasteiger partial charge on any atom is -0.465 e. The second-order valence-corrected chi connectivity index (χ2v) is 6.93. The van der Waals surface area contributed by atoms with Crippen molar-refractivity contribution in [3.8, 4) is 0 Å². The summed E-state index contributed by atoms with van der Waals surface area (Å²) in [6, 6.07) is 4.17. The van der Waals surface area contributed by atoms with E-state index in [1.165, 1.54) is 31.4 Å². The lowest BCUT2D eigenvalue weighted by molar-refractivity contribution is -0.0509. The molecule has 0 radical (unpaired) electrons. The van der Waals surface area contributed by atoms with Crippen LogP contribution in [-0.2, 0) is 25.5 Å². The normalized spacial score (nSPS) is 18.2. The first-order valence-electron chi connectivity index (χ1n) is 6.99. The van der Waals surface area contributed by atoms with Gasteiger partial charge in [0.1, 0.15) is 5.76 Å². The van der Waals surface area contributed by atoms with Gasteiger partial charge in [-0.15, -0.1) is 0 Å². The molecule has 0 saturated heterocycles. The van der Waals surface area contributed by atoms with Crippen molar-refractivity contribution >= 4 is 21.8 Å². The van der Waals surface area contributed by atoms with Gasteiger partial charge in [0.25, 0.3) is 0 Å². The standard InChI is InChI=1S/C15H15F3O5S/c1-9-3-4-10-8-11(14(19)22-2)5-6-12(10)13(7-9)23-24(20,21)15(16,17)18/h5-9H,3-4H2,1-2H3. The maximum absolute atomic E-state index is 12.6. The zero-order chi connectivity index (χ0) is 18.1. The van der Waals surface area contributed by atoms with Gasteiger partial charge in [-0.2, -0.15) is 21.6 Å². The fourth-order valence-electron chi connectivity index (χ4n) is 2.34. The molecule has 1 aliphatic carbocycles. The molecule has 1 aromatic rings. The van der Waals surface area contributed by atoms with Gasteiger partial charge in [-0.3, -0.25) is 0 Å². The number of hydrogen-bond donors (Lipinski definition) is 0. The lowest BCUT2D eigenvalue weighted by Gasteiger charge is -2.14. The summed E-state index contributed by atoms with van der Waals surface area (Å²) in [6.45, 7) is 1.73. The van der Waals surface area contributed by atoms with E-state index in [0.29, 0.717) is 18.4 Å². The number of rotatable bonds is 3. The molecule has 0 fully saturated rings. The Balaban J connectivity index is 2.48. The van der Waals surface area contributed by atoms with E-state index in [1.54, 1.807) is 6.92 Å². The van der Waals surface area contributed by atoms with Crippen LogP contribution < -0.4 is 0 Å². The Morgan fingerprint density at radius 1 is 1.29 bits per heavy atom. The predicted octanol–water partition coefficient (Wildman–Crippen LogP) is 3.26. The molecule has 5 nitrogen and oxygen atoms in total. The van der Waals surface area contributed by atoms with E-state index in [0.717, 1.165) is 0 Å². The smallest absolute Gasteiger partial charge is 0.465 e. The number of methoxy groups -OCH3 is 1. The summed E-state index contributed by atoms with van der Waals surface area (Å²) in [4.78, 5) is 11.6. The first kappa shape index (κ1) is 18.3. The zero-order valence-electron chi connectivity index (χ0n) is 12.9. The van der Waals surface area contributed by atoms with Crippen molar-refractivity contribution in [1.82, 2.24) is 0 Å². The third kappa shape index (κ3) is 3.72. The molecule has 2 rings (SSSR count). The molecule has 0 saturated carbocycles. The van der Waals surface area contributed by atoms with Gasteiger partial charge in [0, 0.05) is 5.56 Å². The van der Waals surface area contributed by atoms with E-state index in [-0.39, 0.29) is 22.8 Å². The van der Waals surface area contributed by atoms with E-state index < -0.39 is 21.6 Å². The lowest BCUT2D eigenvalue weighted by Crippen LogP contribution is -2.25. The summed E-state index contributed by atoms with van der Waals surface area (Å²) in [5.74, 6) is -1.18. The van der Waals surface area contributed by atoms with Gasteiger partial charge in [0.2, 0.25) is 0 Å².